The zero-order valence-corrected chi connectivity index (χ0v) is 51.3. The van der Waals surface area contributed by atoms with Gasteiger partial charge in [0.15, 0.2) is 0 Å². The van der Waals surface area contributed by atoms with E-state index < -0.39 is 12.1 Å². The van der Waals surface area contributed by atoms with Crippen LogP contribution in [-0.4, -0.2) is 47.4 Å². The Hall–Kier alpha value is -1.14. The first-order chi connectivity index (χ1) is 37.0. The molecule has 0 aromatic carbocycles. The van der Waals surface area contributed by atoms with Crippen molar-refractivity contribution in [1.29, 1.82) is 0 Å². The van der Waals surface area contributed by atoms with E-state index in [1.54, 1.807) is 0 Å². The Morgan fingerprint density at radius 3 is 0.813 bits per heavy atom. The summed E-state index contributed by atoms with van der Waals surface area (Å²) in [7, 11) is 0. The van der Waals surface area contributed by atoms with Gasteiger partial charge < -0.3 is 20.3 Å². The molecule has 0 radical (unpaired) electrons. The second kappa shape index (κ2) is 65.4. The van der Waals surface area contributed by atoms with Gasteiger partial charge in [-0.1, -0.05) is 367 Å². The second-order valence-electron chi connectivity index (χ2n) is 24.2. The molecule has 0 saturated heterocycles. The number of aliphatic hydroxyl groups is 2. The van der Waals surface area contributed by atoms with Crippen molar-refractivity contribution in [2.24, 2.45) is 0 Å². The molecule has 448 valence electrons. The molecular weight excluding hydrogens is 923 g/mol. The van der Waals surface area contributed by atoms with Crippen LogP contribution in [0.2, 0.25) is 0 Å². The molecule has 0 rings (SSSR count). The predicted molar refractivity (Wildman–Crippen MR) is 329 cm³/mol. The highest BCUT2D eigenvalue weighted by atomic mass is 16.5. The number of hydrogen-bond acceptors (Lipinski definition) is 5. The summed E-state index contributed by atoms with van der Waals surface area (Å²) < 4.78 is 5.49. The Kier molecular flexibility index (Phi) is 64.4. The summed E-state index contributed by atoms with van der Waals surface area (Å²) in [5.74, 6) is -0.00403. The van der Waals surface area contributed by atoms with E-state index in [-0.39, 0.29) is 18.5 Å². The Labute approximate surface area is 470 Å². The number of hydrogen-bond donors (Lipinski definition) is 3. The van der Waals surface area contributed by atoms with Crippen LogP contribution in [0.5, 0.6) is 0 Å². The number of unbranched alkanes of at least 4 members (excludes halogenated alkanes) is 55. The molecule has 2 unspecified atom stereocenters. The quantitative estimate of drug-likeness (QED) is 0.0417. The fourth-order valence-corrected chi connectivity index (χ4v) is 11.4. The Morgan fingerprint density at radius 1 is 0.320 bits per heavy atom. The maximum absolute atomic E-state index is 12.5. The van der Waals surface area contributed by atoms with E-state index in [1.165, 1.54) is 334 Å². The van der Waals surface area contributed by atoms with Gasteiger partial charge >= 0.3 is 5.97 Å². The highest BCUT2D eigenvalue weighted by molar-refractivity contribution is 5.76. The topological polar surface area (TPSA) is 95.9 Å². The van der Waals surface area contributed by atoms with Gasteiger partial charge in [0.25, 0.3) is 0 Å². The summed E-state index contributed by atoms with van der Waals surface area (Å²) in [5, 5.41) is 23.3. The van der Waals surface area contributed by atoms with Gasteiger partial charge in [0.1, 0.15) is 0 Å². The fraction of sp³-hybridized carbons (Fsp3) is 0.971. The lowest BCUT2D eigenvalue weighted by atomic mass is 10.0. The normalized spacial score (nSPS) is 12.4. The van der Waals surface area contributed by atoms with Crippen LogP contribution in [0.3, 0.4) is 0 Å². The number of ether oxygens (including phenoxy) is 1. The van der Waals surface area contributed by atoms with Gasteiger partial charge in [-0.3, -0.25) is 9.59 Å². The molecule has 0 aromatic rings. The standard InChI is InChI=1S/C69H137NO5/c1-3-5-7-9-11-13-15-38-41-45-49-53-57-61-67(72)66(65-71)70-68(73)62-58-54-50-46-42-39-36-34-32-30-28-26-24-22-20-18-17-19-21-23-25-27-29-31-33-35-37-40-44-48-52-56-60-64-75-69(74)63-59-55-51-47-43-16-14-12-10-8-6-4-2/h66-67,71-72H,3-65H2,1-2H3,(H,70,73). The van der Waals surface area contributed by atoms with Crippen LogP contribution in [0, 0.1) is 0 Å². The number of amides is 1. The van der Waals surface area contributed by atoms with E-state index in [0.717, 1.165) is 38.5 Å². The number of nitrogens with one attached hydrogen (secondary N) is 1. The van der Waals surface area contributed by atoms with Gasteiger partial charge in [-0.2, -0.15) is 0 Å². The Morgan fingerprint density at radius 2 is 0.547 bits per heavy atom. The first kappa shape index (κ1) is 73.9. The van der Waals surface area contributed by atoms with Gasteiger partial charge in [0, 0.05) is 12.8 Å². The van der Waals surface area contributed by atoms with Crippen LogP contribution in [0.15, 0.2) is 0 Å². The number of aliphatic hydroxyl groups excluding tert-OH is 2. The minimum Gasteiger partial charge on any atom is -0.466 e. The molecule has 0 heterocycles. The summed E-state index contributed by atoms with van der Waals surface area (Å²) in [6.45, 7) is 4.99. The van der Waals surface area contributed by atoms with Crippen LogP contribution in [0.4, 0.5) is 0 Å². The molecule has 0 aromatic heterocycles. The number of rotatable bonds is 66. The molecule has 3 N–H and O–H groups in total. The van der Waals surface area contributed by atoms with E-state index in [2.05, 4.69) is 19.2 Å². The third-order valence-electron chi connectivity index (χ3n) is 16.7. The third-order valence-corrected chi connectivity index (χ3v) is 16.7. The highest BCUT2D eigenvalue weighted by Crippen LogP contribution is 2.19. The molecule has 6 heteroatoms. The molecule has 0 fully saturated rings. The average Bonchev–Trinajstić information content (AvgIpc) is 3.41. The van der Waals surface area contributed by atoms with E-state index in [1.807, 2.05) is 0 Å². The molecule has 0 spiro atoms. The van der Waals surface area contributed by atoms with E-state index in [0.29, 0.717) is 25.9 Å². The van der Waals surface area contributed by atoms with E-state index >= 15 is 0 Å². The van der Waals surface area contributed by atoms with Crippen molar-refractivity contribution in [1.82, 2.24) is 5.32 Å². The van der Waals surface area contributed by atoms with Crippen molar-refractivity contribution >= 4 is 11.9 Å². The van der Waals surface area contributed by atoms with E-state index in [4.69, 9.17) is 4.74 Å². The molecule has 0 bridgehead atoms. The summed E-state index contributed by atoms with van der Waals surface area (Å²) in [6, 6.07) is -0.535. The van der Waals surface area contributed by atoms with Crippen molar-refractivity contribution in [3.63, 3.8) is 0 Å². The molecule has 75 heavy (non-hydrogen) atoms. The minimum absolute atomic E-state index is 0.0233. The molecule has 0 aliphatic rings. The summed E-state index contributed by atoms with van der Waals surface area (Å²) in [4.78, 5) is 24.5. The smallest absolute Gasteiger partial charge is 0.305 e. The second-order valence-corrected chi connectivity index (χ2v) is 24.2. The molecule has 6 nitrogen and oxygen atoms in total. The van der Waals surface area contributed by atoms with E-state index in [9.17, 15) is 19.8 Å². The SMILES string of the molecule is CCCCCCCCCCCCCCCC(O)C(CO)NC(=O)CCCCCCCCCCCCCCCCCCCCCCCCCCCCCCCCCCCOC(=O)CCCCCCCCCCCCCC. The summed E-state index contributed by atoms with van der Waals surface area (Å²) >= 11 is 0. The van der Waals surface area contributed by atoms with Crippen molar-refractivity contribution in [3.05, 3.63) is 0 Å². The van der Waals surface area contributed by atoms with Crippen molar-refractivity contribution in [2.75, 3.05) is 13.2 Å². The van der Waals surface area contributed by atoms with Crippen LogP contribution in [-0.2, 0) is 14.3 Å². The van der Waals surface area contributed by atoms with Gasteiger partial charge in [-0.05, 0) is 25.7 Å². The van der Waals surface area contributed by atoms with Gasteiger partial charge in [-0.15, -0.1) is 0 Å². The van der Waals surface area contributed by atoms with Gasteiger partial charge in [-0.25, -0.2) is 0 Å². The molecular formula is C69H137NO5. The lowest BCUT2D eigenvalue weighted by Crippen LogP contribution is -2.45. The average molecular weight is 1060 g/mol. The number of esters is 1. The molecule has 2 atom stereocenters. The lowest BCUT2D eigenvalue weighted by molar-refractivity contribution is -0.143. The van der Waals surface area contributed by atoms with Gasteiger partial charge in [0.05, 0.1) is 25.4 Å². The zero-order chi connectivity index (χ0) is 54.3. The highest BCUT2D eigenvalue weighted by Gasteiger charge is 2.20. The minimum atomic E-state index is -0.659. The van der Waals surface area contributed by atoms with Crippen LogP contribution < -0.4 is 5.32 Å². The first-order valence-corrected chi connectivity index (χ1v) is 34.8. The zero-order valence-electron chi connectivity index (χ0n) is 51.3. The number of carbonyl (C=O) groups excluding carboxylic acids is 2. The molecule has 1 amide bonds. The number of carbonyl (C=O) groups is 2. The predicted octanol–water partition coefficient (Wildman–Crippen LogP) is 22.2. The van der Waals surface area contributed by atoms with Crippen LogP contribution >= 0.6 is 0 Å². The largest absolute Gasteiger partial charge is 0.466 e. The maximum atomic E-state index is 12.5. The van der Waals surface area contributed by atoms with Crippen molar-refractivity contribution in [2.45, 2.75) is 418 Å². The van der Waals surface area contributed by atoms with Crippen molar-refractivity contribution in [3.8, 4) is 0 Å². The lowest BCUT2D eigenvalue weighted by Gasteiger charge is -2.22. The Bertz CT molecular complexity index is 1080. The first-order valence-electron chi connectivity index (χ1n) is 34.8. The third kappa shape index (κ3) is 61.9. The van der Waals surface area contributed by atoms with Crippen LogP contribution in [0.25, 0.3) is 0 Å². The Balaban J connectivity index is 3.29. The monoisotopic (exact) mass is 1060 g/mol. The molecule has 0 aliphatic heterocycles. The fourth-order valence-electron chi connectivity index (χ4n) is 11.4. The molecule has 0 saturated carbocycles. The summed E-state index contributed by atoms with van der Waals surface area (Å²) in [6.07, 6.45) is 78.8. The molecule has 0 aliphatic carbocycles. The van der Waals surface area contributed by atoms with Crippen LogP contribution in [0.1, 0.15) is 406 Å². The van der Waals surface area contributed by atoms with Gasteiger partial charge in [0.2, 0.25) is 5.91 Å². The maximum Gasteiger partial charge on any atom is 0.305 e. The summed E-state index contributed by atoms with van der Waals surface area (Å²) in [5.41, 5.74) is 0. The van der Waals surface area contributed by atoms with Crippen molar-refractivity contribution < 1.29 is 24.5 Å².